The Morgan fingerprint density at radius 3 is 2.68 bits per heavy atom. The molecule has 3 N–H and O–H groups in total. The van der Waals surface area contributed by atoms with Crippen LogP contribution in [0.4, 0.5) is 10.2 Å². The van der Waals surface area contributed by atoms with E-state index in [1.54, 1.807) is 18.4 Å². The smallest absolute Gasteiger partial charge is 0.312 e. The Bertz CT molecular complexity index is 1260. The quantitative estimate of drug-likeness (QED) is 0.329. The minimum atomic E-state index is -3.56. The van der Waals surface area contributed by atoms with Crippen molar-refractivity contribution in [3.8, 4) is 11.5 Å². The van der Waals surface area contributed by atoms with E-state index in [1.165, 1.54) is 0 Å². The normalized spacial score (nSPS) is 13.5. The van der Waals surface area contributed by atoms with Crippen molar-refractivity contribution in [2.24, 2.45) is 0 Å². The van der Waals surface area contributed by atoms with Crippen LogP contribution in [0.1, 0.15) is 25.2 Å². The average molecular weight is 562 g/mol. The Morgan fingerprint density at radius 1 is 1.26 bits per heavy atom. The van der Waals surface area contributed by atoms with Gasteiger partial charge in [-0.05, 0) is 54.1 Å². The Hall–Kier alpha value is -2.26. The summed E-state index contributed by atoms with van der Waals surface area (Å²) in [6.45, 7) is 3.64. The molecule has 0 fully saturated rings. The molecule has 0 amide bonds. The van der Waals surface area contributed by atoms with Gasteiger partial charge in [-0.2, -0.15) is 14.4 Å². The third kappa shape index (κ3) is 4.67. The highest BCUT2D eigenvalue weighted by Gasteiger charge is 2.22. The maximum atomic E-state index is 13.9. The van der Waals surface area contributed by atoms with E-state index < -0.39 is 16.1 Å². The molecule has 0 saturated carbocycles. The number of hydrogen-bond acceptors (Lipinski definition) is 8. The van der Waals surface area contributed by atoms with Crippen molar-refractivity contribution < 1.29 is 22.3 Å². The molecule has 0 spiro atoms. The highest BCUT2D eigenvalue weighted by Crippen LogP contribution is 2.36. The number of benzene rings is 1. The first-order valence-electron chi connectivity index (χ1n) is 9.39. The van der Waals surface area contributed by atoms with Gasteiger partial charge in [-0.15, -0.1) is 0 Å². The number of hydrogen-bond donors (Lipinski definition) is 2. The summed E-state index contributed by atoms with van der Waals surface area (Å²) in [5.74, 6) is 1.42. The molecule has 0 saturated heterocycles. The molecule has 0 atom stereocenters. The van der Waals surface area contributed by atoms with Gasteiger partial charge in [0.2, 0.25) is 16.8 Å². The number of ether oxygens (including phenoxy) is 2. The molecule has 1 aromatic carbocycles. The summed E-state index contributed by atoms with van der Waals surface area (Å²) < 4.78 is 54.4. The number of anilines is 1. The van der Waals surface area contributed by atoms with Gasteiger partial charge in [-0.3, -0.25) is 0 Å². The summed E-state index contributed by atoms with van der Waals surface area (Å²) >= 11 is 2.18. The van der Waals surface area contributed by atoms with Crippen LogP contribution in [0.2, 0.25) is 0 Å². The number of nitrogens with two attached hydrogens (primary N) is 1. The van der Waals surface area contributed by atoms with Crippen LogP contribution in [-0.2, 0) is 23.0 Å². The lowest BCUT2D eigenvalue weighted by molar-refractivity contribution is 0.174. The number of rotatable bonds is 7. The third-order valence-corrected chi connectivity index (χ3v) is 7.12. The summed E-state index contributed by atoms with van der Waals surface area (Å²) in [4.78, 5) is 11.9. The van der Waals surface area contributed by atoms with Crippen molar-refractivity contribution in [2.75, 3.05) is 18.3 Å². The molecule has 0 unspecified atom stereocenters. The lowest BCUT2D eigenvalue weighted by Gasteiger charge is -2.12. The molecule has 13 heteroatoms. The number of sulfonamides is 1. The van der Waals surface area contributed by atoms with Crippen molar-refractivity contribution in [3.05, 3.63) is 33.2 Å². The Morgan fingerprint density at radius 2 is 1.97 bits per heavy atom. The van der Waals surface area contributed by atoms with E-state index in [-0.39, 0.29) is 42.1 Å². The molecule has 0 aliphatic carbocycles. The molecule has 4 rings (SSSR count). The highest BCUT2D eigenvalue weighted by molar-refractivity contribution is 14.1. The van der Waals surface area contributed by atoms with Gasteiger partial charge >= 0.3 is 6.08 Å². The molecule has 2 aromatic heterocycles. The molecule has 3 aromatic rings. The monoisotopic (exact) mass is 562 g/mol. The standard InChI is InChI=1S/C18H20FIN6O4S/c1-9(2)25-31(27,28)4-3-26-14(22-15-16(21)23-18(19)24-17(15)26)6-10-5-12-13(7-11(10)20)30-8-29-12/h5,7,9,25H,3-4,6,8H2,1-2H3,(H2,21,23,24). The van der Waals surface area contributed by atoms with Crippen molar-refractivity contribution in [3.63, 3.8) is 0 Å². The van der Waals surface area contributed by atoms with Crippen molar-refractivity contribution >= 4 is 49.6 Å². The lowest BCUT2D eigenvalue weighted by Crippen LogP contribution is -2.33. The maximum Gasteiger partial charge on any atom is 0.312 e. The van der Waals surface area contributed by atoms with Crippen LogP contribution < -0.4 is 19.9 Å². The molecule has 10 nitrogen and oxygen atoms in total. The van der Waals surface area contributed by atoms with Crippen LogP contribution in [0, 0.1) is 9.65 Å². The maximum absolute atomic E-state index is 13.9. The lowest BCUT2D eigenvalue weighted by atomic mass is 10.1. The van der Waals surface area contributed by atoms with E-state index in [1.807, 2.05) is 12.1 Å². The van der Waals surface area contributed by atoms with Gasteiger partial charge in [0, 0.05) is 22.6 Å². The minimum Gasteiger partial charge on any atom is -0.454 e. The van der Waals surface area contributed by atoms with Crippen LogP contribution in [0.3, 0.4) is 0 Å². The van der Waals surface area contributed by atoms with E-state index in [0.717, 1.165) is 9.13 Å². The van der Waals surface area contributed by atoms with Crippen LogP contribution in [0.5, 0.6) is 11.5 Å². The third-order valence-electron chi connectivity index (χ3n) is 4.56. The van der Waals surface area contributed by atoms with Crippen LogP contribution >= 0.6 is 22.6 Å². The number of imidazole rings is 1. The van der Waals surface area contributed by atoms with Crippen LogP contribution in [-0.4, -0.2) is 46.5 Å². The van der Waals surface area contributed by atoms with Gasteiger partial charge in [0.1, 0.15) is 5.82 Å². The molecule has 3 heterocycles. The van der Waals surface area contributed by atoms with E-state index in [0.29, 0.717) is 23.7 Å². The number of nitrogens with one attached hydrogen (secondary N) is 1. The average Bonchev–Trinajstić information content (AvgIpc) is 3.23. The van der Waals surface area contributed by atoms with Crippen LogP contribution in [0.15, 0.2) is 12.1 Å². The van der Waals surface area contributed by atoms with Gasteiger partial charge in [-0.25, -0.2) is 18.1 Å². The van der Waals surface area contributed by atoms with Crippen LogP contribution in [0.25, 0.3) is 11.2 Å². The molecule has 0 bridgehead atoms. The zero-order valence-corrected chi connectivity index (χ0v) is 19.7. The van der Waals surface area contributed by atoms with Gasteiger partial charge in [-0.1, -0.05) is 0 Å². The Labute approximate surface area is 191 Å². The fourth-order valence-electron chi connectivity index (χ4n) is 3.30. The van der Waals surface area contributed by atoms with E-state index >= 15 is 0 Å². The number of halogens is 2. The second-order valence-electron chi connectivity index (χ2n) is 7.29. The number of nitrogens with zero attached hydrogens (tertiary/aromatic N) is 4. The summed E-state index contributed by atoms with van der Waals surface area (Å²) in [6, 6.07) is 3.46. The predicted molar refractivity (Wildman–Crippen MR) is 120 cm³/mol. The second-order valence-corrected chi connectivity index (χ2v) is 10.3. The number of nitrogen functional groups attached to an aromatic ring is 1. The van der Waals surface area contributed by atoms with Gasteiger partial charge in [0.15, 0.2) is 28.5 Å². The first kappa shape index (κ1) is 22.0. The minimum absolute atomic E-state index is 0.0188. The largest absolute Gasteiger partial charge is 0.454 e. The van der Waals surface area contributed by atoms with E-state index in [2.05, 4.69) is 42.3 Å². The molecule has 1 aliphatic rings. The van der Waals surface area contributed by atoms with Crippen molar-refractivity contribution in [1.82, 2.24) is 24.2 Å². The number of fused-ring (bicyclic) bond motifs is 2. The predicted octanol–water partition coefficient (Wildman–Crippen LogP) is 1.80. The van der Waals surface area contributed by atoms with Crippen molar-refractivity contribution in [1.29, 1.82) is 0 Å². The summed E-state index contributed by atoms with van der Waals surface area (Å²) in [5, 5.41) is 0. The molecule has 166 valence electrons. The first-order valence-corrected chi connectivity index (χ1v) is 12.1. The van der Waals surface area contributed by atoms with E-state index in [9.17, 15) is 12.8 Å². The zero-order valence-electron chi connectivity index (χ0n) is 16.7. The SMILES string of the molecule is CC(C)NS(=O)(=O)CCn1c(Cc2cc3c(cc2I)OCO3)nc2c(N)nc(F)nc21. The fraction of sp³-hybridized carbons (Fsp3) is 0.389. The van der Waals surface area contributed by atoms with Gasteiger partial charge < -0.3 is 19.8 Å². The summed E-state index contributed by atoms with van der Waals surface area (Å²) in [6.07, 6.45) is -0.678. The zero-order chi connectivity index (χ0) is 22.3. The molecular formula is C18H20FIN6O4S. The molecule has 0 radical (unpaired) electrons. The summed E-state index contributed by atoms with van der Waals surface area (Å²) in [5.41, 5.74) is 7.11. The topological polar surface area (TPSA) is 134 Å². The number of aromatic nitrogens is 4. The van der Waals surface area contributed by atoms with E-state index in [4.69, 9.17) is 15.2 Å². The Kier molecular flexibility index (Phi) is 5.91. The fourth-order valence-corrected chi connectivity index (χ4v) is 5.19. The molecular weight excluding hydrogens is 542 g/mol. The second kappa shape index (κ2) is 8.35. The summed E-state index contributed by atoms with van der Waals surface area (Å²) in [7, 11) is -3.56. The van der Waals surface area contributed by atoms with Crippen molar-refractivity contribution in [2.45, 2.75) is 32.9 Å². The van der Waals surface area contributed by atoms with Gasteiger partial charge in [0.05, 0.1) is 5.75 Å². The first-order chi connectivity index (χ1) is 14.6. The highest BCUT2D eigenvalue weighted by atomic mass is 127. The molecule has 1 aliphatic heterocycles. The molecule has 31 heavy (non-hydrogen) atoms. The van der Waals surface area contributed by atoms with Gasteiger partial charge in [0.25, 0.3) is 0 Å². The Balaban J connectivity index is 1.74. The number of aryl methyl sites for hydroxylation is 1.